The van der Waals surface area contributed by atoms with E-state index in [9.17, 15) is 27.9 Å². The van der Waals surface area contributed by atoms with E-state index in [1.807, 2.05) is 0 Å². The highest BCUT2D eigenvalue weighted by molar-refractivity contribution is 6.31. The molecule has 10 nitrogen and oxygen atoms in total. The predicted octanol–water partition coefficient (Wildman–Crippen LogP) is 4.69. The van der Waals surface area contributed by atoms with Gasteiger partial charge >= 0.3 is 6.18 Å². The number of hydrogen-bond donors (Lipinski definition) is 3. The summed E-state index contributed by atoms with van der Waals surface area (Å²) < 4.78 is 87.0. The average Bonchev–Trinajstić information content (AvgIpc) is 3.67. The van der Waals surface area contributed by atoms with Gasteiger partial charge in [-0.3, -0.25) is 14.3 Å². The van der Waals surface area contributed by atoms with E-state index in [4.69, 9.17) is 26.8 Å². The number of aromatic nitrogens is 3. The summed E-state index contributed by atoms with van der Waals surface area (Å²) in [6, 6.07) is 5.28. The number of halogens is 6. The van der Waals surface area contributed by atoms with Crippen molar-refractivity contribution < 1.29 is 46.1 Å². The van der Waals surface area contributed by atoms with Crippen molar-refractivity contribution in [1.29, 1.82) is 0 Å². The molecule has 2 aliphatic rings. The highest BCUT2D eigenvalue weighted by Gasteiger charge is 2.58. The molecule has 16 heteroatoms. The maximum atomic E-state index is 15.2. The van der Waals surface area contributed by atoms with Gasteiger partial charge in [0, 0.05) is 22.7 Å². The molecule has 0 unspecified atom stereocenters. The van der Waals surface area contributed by atoms with Crippen LogP contribution in [0.25, 0.3) is 22.2 Å². The topological polar surface area (TPSA) is 142 Å². The molecular weight excluding hydrogens is 641 g/mol. The number of hydrogen-bond acceptors (Lipinski definition) is 7. The van der Waals surface area contributed by atoms with Crippen molar-refractivity contribution in [1.82, 2.24) is 20.1 Å². The molecule has 1 aliphatic heterocycles. The van der Waals surface area contributed by atoms with Gasteiger partial charge in [-0.2, -0.15) is 18.3 Å². The van der Waals surface area contributed by atoms with E-state index < -0.39 is 81.5 Å². The minimum atomic E-state index is -5.51. The number of nitrogens with zero attached hydrogens (tertiary/aromatic N) is 3. The molecule has 0 spiro atoms. The lowest BCUT2D eigenvalue weighted by atomic mass is 9.81. The molecule has 1 aliphatic carbocycles. The molecule has 1 saturated carbocycles. The first-order valence-electron chi connectivity index (χ1n) is 13.9. The number of pyridine rings is 1. The largest absolute Gasteiger partial charge is 0.494 e. The smallest absolute Gasteiger partial charge is 0.424 e. The number of primary amides is 1. The van der Waals surface area contributed by atoms with Gasteiger partial charge < -0.3 is 25.6 Å². The Labute approximate surface area is 262 Å². The zero-order valence-corrected chi connectivity index (χ0v) is 24.9. The molecular formula is C30H25ClF5N5O5. The van der Waals surface area contributed by atoms with Crippen molar-refractivity contribution in [2.24, 2.45) is 5.73 Å². The van der Waals surface area contributed by atoms with Crippen LogP contribution >= 0.6 is 11.6 Å². The zero-order chi connectivity index (χ0) is 33.3. The Morgan fingerprint density at radius 1 is 1.24 bits per heavy atom. The van der Waals surface area contributed by atoms with E-state index in [1.54, 1.807) is 10.9 Å². The van der Waals surface area contributed by atoms with E-state index in [-0.39, 0.29) is 22.9 Å². The van der Waals surface area contributed by atoms with E-state index >= 15 is 8.78 Å². The highest BCUT2D eigenvalue weighted by atomic mass is 35.5. The molecule has 4 aromatic rings. The first-order valence-corrected chi connectivity index (χ1v) is 14.2. The van der Waals surface area contributed by atoms with Crippen LogP contribution in [0, 0.1) is 11.6 Å². The highest BCUT2D eigenvalue weighted by Crippen LogP contribution is 2.49. The van der Waals surface area contributed by atoms with Crippen LogP contribution in [-0.2, 0) is 15.8 Å². The minimum Gasteiger partial charge on any atom is -0.494 e. The molecule has 2 amide bonds. The zero-order valence-electron chi connectivity index (χ0n) is 24.1. The number of rotatable bonds is 8. The van der Waals surface area contributed by atoms with Crippen LogP contribution < -0.4 is 20.5 Å². The number of benzene rings is 2. The first-order chi connectivity index (χ1) is 21.6. The lowest BCUT2D eigenvalue weighted by molar-refractivity contribution is -0.265. The van der Waals surface area contributed by atoms with Crippen LogP contribution in [0.15, 0.2) is 36.5 Å². The second-order valence-electron chi connectivity index (χ2n) is 11.4. The lowest BCUT2D eigenvalue weighted by Gasteiger charge is -2.31. The van der Waals surface area contributed by atoms with Crippen molar-refractivity contribution in [2.75, 3.05) is 20.3 Å². The van der Waals surface area contributed by atoms with Gasteiger partial charge in [-0.25, -0.2) is 13.8 Å². The second kappa shape index (κ2) is 10.8. The third-order valence-electron chi connectivity index (χ3n) is 8.29. The maximum Gasteiger partial charge on any atom is 0.424 e. The monoisotopic (exact) mass is 665 g/mol. The molecule has 2 aromatic heterocycles. The van der Waals surface area contributed by atoms with Crippen LogP contribution in [0.4, 0.5) is 22.0 Å². The number of nitrogens with one attached hydrogen (secondary N) is 1. The molecule has 0 saturated heterocycles. The molecule has 6 rings (SSSR count). The number of amides is 2. The Morgan fingerprint density at radius 3 is 2.59 bits per heavy atom. The molecule has 1 fully saturated rings. The summed E-state index contributed by atoms with van der Waals surface area (Å²) in [5, 5.41) is 17.7. The van der Waals surface area contributed by atoms with Gasteiger partial charge in [0.25, 0.3) is 5.91 Å². The van der Waals surface area contributed by atoms with Crippen LogP contribution in [0.5, 0.6) is 11.5 Å². The summed E-state index contributed by atoms with van der Waals surface area (Å²) in [5.74, 6) is -4.90. The van der Waals surface area contributed by atoms with Gasteiger partial charge in [-0.05, 0) is 50.1 Å². The maximum absolute atomic E-state index is 15.2. The number of nitrogens with two attached hydrogens (primary N) is 1. The quantitative estimate of drug-likeness (QED) is 0.183. The Balaban J connectivity index is 1.44. The first kappa shape index (κ1) is 31.5. The third-order valence-corrected chi connectivity index (χ3v) is 8.58. The van der Waals surface area contributed by atoms with Gasteiger partial charge in [-0.1, -0.05) is 11.6 Å². The van der Waals surface area contributed by atoms with Crippen molar-refractivity contribution >= 4 is 34.3 Å². The molecule has 0 radical (unpaired) electrons. The van der Waals surface area contributed by atoms with Crippen LogP contribution in [0.3, 0.4) is 0 Å². The normalized spacial score (nSPS) is 19.0. The van der Waals surface area contributed by atoms with E-state index in [1.165, 1.54) is 26.2 Å². The fourth-order valence-electron chi connectivity index (χ4n) is 5.29. The Bertz CT molecular complexity index is 1930. The van der Waals surface area contributed by atoms with Crippen molar-refractivity contribution in [2.45, 2.75) is 43.0 Å². The molecule has 242 valence electrons. The van der Waals surface area contributed by atoms with Gasteiger partial charge in [0.2, 0.25) is 11.5 Å². The number of carbonyl (C=O) groups is 2. The molecule has 2 aromatic carbocycles. The average molecular weight is 666 g/mol. The summed E-state index contributed by atoms with van der Waals surface area (Å²) in [7, 11) is 1.35. The van der Waals surface area contributed by atoms with Crippen molar-refractivity contribution in [3.8, 4) is 22.8 Å². The third kappa shape index (κ3) is 4.97. The number of aliphatic hydroxyl groups is 1. The van der Waals surface area contributed by atoms with Crippen molar-refractivity contribution in [3.63, 3.8) is 0 Å². The number of fused-ring (bicyclic) bond motifs is 2. The number of carbonyl (C=O) groups excluding carboxylic acids is 2. The Kier molecular flexibility index (Phi) is 7.39. The summed E-state index contributed by atoms with van der Waals surface area (Å²) in [4.78, 5) is 29.5. The van der Waals surface area contributed by atoms with Gasteiger partial charge in [0.1, 0.15) is 40.5 Å². The van der Waals surface area contributed by atoms with Crippen molar-refractivity contribution in [3.05, 3.63) is 70.0 Å². The SMILES string of the molecule is COc1cc(C(=O)NC[C@](O)(c2cc3c(c(-c4c(F)ccc(Cl)c4F)n2)OC[C@]3(C)C(N)=O)C(F)(F)F)cc2cn(C3CC3)nc12. The number of methoxy groups -OCH3 is 1. The van der Waals surface area contributed by atoms with Crippen LogP contribution in [0.2, 0.25) is 5.02 Å². The molecule has 3 heterocycles. The van der Waals surface area contributed by atoms with Gasteiger partial charge in [-0.15, -0.1) is 0 Å². The standard InChI is InChI=1S/C30H25ClF5N5O5/c1-28(27(37)43)12-46-25-16(28)9-20(39-24(25)21-18(32)6-5-17(31)22(21)33)29(44,30(34,35)36)11-38-26(42)13-7-14-10-41(15-3-4-15)40-23(14)19(8-13)45-2/h5-10,15,44H,3-4,11-12H2,1-2H3,(H2,37,43)(H,38,42)/t28-,29-/m0/s1. The van der Waals surface area contributed by atoms with Gasteiger partial charge in [0.05, 0.1) is 36.0 Å². The fraction of sp³-hybridized carbons (Fsp3) is 0.333. The van der Waals surface area contributed by atoms with Gasteiger partial charge in [0.15, 0.2) is 5.82 Å². The lowest BCUT2D eigenvalue weighted by Crippen LogP contribution is -2.51. The second-order valence-corrected chi connectivity index (χ2v) is 11.8. The minimum absolute atomic E-state index is 0.0930. The van der Waals surface area contributed by atoms with E-state index in [0.717, 1.165) is 31.0 Å². The summed E-state index contributed by atoms with van der Waals surface area (Å²) in [6.07, 6.45) is -1.96. The van der Waals surface area contributed by atoms with Crippen LogP contribution in [0.1, 0.15) is 47.4 Å². The van der Waals surface area contributed by atoms with E-state index in [2.05, 4.69) is 15.4 Å². The number of alkyl halides is 3. The number of ether oxygens (including phenoxy) is 2. The molecule has 46 heavy (non-hydrogen) atoms. The molecule has 4 N–H and O–H groups in total. The Morgan fingerprint density at radius 2 is 1.96 bits per heavy atom. The fourth-order valence-corrected chi connectivity index (χ4v) is 5.45. The summed E-state index contributed by atoms with van der Waals surface area (Å²) in [6.45, 7) is -0.734. The molecule has 2 atom stereocenters. The van der Waals surface area contributed by atoms with Crippen LogP contribution in [-0.4, -0.2) is 58.1 Å². The summed E-state index contributed by atoms with van der Waals surface area (Å²) >= 11 is 5.84. The summed E-state index contributed by atoms with van der Waals surface area (Å²) in [5.41, 5.74) is -3.07. The van der Waals surface area contributed by atoms with E-state index in [0.29, 0.717) is 10.9 Å². The Hall–Kier alpha value is -4.50. The predicted molar refractivity (Wildman–Crippen MR) is 153 cm³/mol. The molecule has 0 bridgehead atoms.